The number of hydrogen-bond acceptors (Lipinski definition) is 9. The molecule has 0 radical (unpaired) electrons. The normalized spacial score (nSPS) is 11.3. The first-order chi connectivity index (χ1) is 13.5. The van der Waals surface area contributed by atoms with Crippen molar-refractivity contribution in [2.24, 2.45) is 10.7 Å². The lowest BCUT2D eigenvalue weighted by atomic mass is 10.1. The monoisotopic (exact) mass is 400 g/mol. The maximum atomic E-state index is 12.3. The molecule has 0 aliphatic carbocycles. The van der Waals surface area contributed by atoms with Crippen molar-refractivity contribution >= 4 is 34.3 Å². The van der Waals surface area contributed by atoms with E-state index in [9.17, 15) is 9.59 Å². The maximum absolute atomic E-state index is 12.3. The minimum Gasteiger partial charge on any atom is -0.462 e. The number of carbonyl (C=O) groups excluding carboxylic acids is 2. The van der Waals surface area contributed by atoms with Gasteiger partial charge < -0.3 is 10.5 Å². The predicted octanol–water partition coefficient (Wildman–Crippen LogP) is 1.18. The molecule has 1 amide bonds. The molecule has 2 aromatic heterocycles. The molecule has 1 aromatic carbocycles. The number of guanidine groups is 1. The van der Waals surface area contributed by atoms with Gasteiger partial charge >= 0.3 is 5.97 Å². The number of aliphatic imine (C=N–C) groups is 1. The van der Waals surface area contributed by atoms with Gasteiger partial charge in [0.2, 0.25) is 16.9 Å². The summed E-state index contributed by atoms with van der Waals surface area (Å²) in [5, 5.41) is 16.3. The molecule has 28 heavy (non-hydrogen) atoms. The Kier molecular flexibility index (Phi) is 5.69. The van der Waals surface area contributed by atoms with Crippen molar-refractivity contribution in [2.75, 3.05) is 6.61 Å². The summed E-state index contributed by atoms with van der Waals surface area (Å²) in [5.41, 5.74) is 7.34. The Labute approximate surface area is 163 Å². The quantitative estimate of drug-likeness (QED) is 0.327. The molecule has 0 saturated carbocycles. The van der Waals surface area contributed by atoms with Crippen LogP contribution in [0, 0.1) is 6.92 Å². The Morgan fingerprint density at radius 2 is 2.07 bits per heavy atom. The van der Waals surface area contributed by atoms with Gasteiger partial charge in [0, 0.05) is 11.1 Å². The van der Waals surface area contributed by atoms with E-state index in [1.807, 2.05) is 0 Å². The number of aryl methyl sites for hydroxylation is 1. The van der Waals surface area contributed by atoms with E-state index in [0.29, 0.717) is 27.5 Å². The fraction of sp³-hybridized carbons (Fsp3) is 0.188. The van der Waals surface area contributed by atoms with Crippen molar-refractivity contribution in [3.05, 3.63) is 40.4 Å². The van der Waals surface area contributed by atoms with Crippen LogP contribution in [0.3, 0.4) is 0 Å². The molecular weight excluding hydrogens is 384 g/mol. The van der Waals surface area contributed by atoms with Crippen molar-refractivity contribution in [1.29, 1.82) is 0 Å². The molecule has 2 heterocycles. The SMILES string of the molecule is CCOC(=O)c1sc(/N=C(\N)NC(=O)c2ccc(-c3nn[nH]n3)cc2)nc1C. The number of nitrogens with zero attached hydrogens (tertiary/aromatic N) is 5. The number of aromatic nitrogens is 5. The smallest absolute Gasteiger partial charge is 0.350 e. The standard InChI is InChI=1S/C16H16N8O3S/c1-3-27-14(26)11-8(2)18-16(28-11)20-15(17)19-13(25)10-6-4-9(5-7-10)12-21-23-24-22-12/h4-7H,3H2,1-2H3,(H,21,22,23,24)(H3,17,18,19,20,25). The van der Waals surface area contributed by atoms with E-state index < -0.39 is 11.9 Å². The second-order valence-corrected chi connectivity index (χ2v) is 6.37. The fourth-order valence-electron chi connectivity index (χ4n) is 2.19. The molecule has 0 atom stereocenters. The van der Waals surface area contributed by atoms with Crippen LogP contribution in [-0.2, 0) is 4.74 Å². The Hall–Kier alpha value is -3.67. The van der Waals surface area contributed by atoms with Gasteiger partial charge in [-0.1, -0.05) is 23.5 Å². The van der Waals surface area contributed by atoms with Crippen LogP contribution in [0.1, 0.15) is 32.6 Å². The average molecular weight is 400 g/mol. The van der Waals surface area contributed by atoms with Crippen molar-refractivity contribution in [3.63, 3.8) is 0 Å². The first-order valence-corrected chi connectivity index (χ1v) is 8.93. The van der Waals surface area contributed by atoms with Crippen LogP contribution in [0.5, 0.6) is 0 Å². The number of carbonyl (C=O) groups is 2. The largest absolute Gasteiger partial charge is 0.462 e. The number of aromatic amines is 1. The summed E-state index contributed by atoms with van der Waals surface area (Å²) in [7, 11) is 0. The first kappa shape index (κ1) is 19.1. The zero-order valence-electron chi connectivity index (χ0n) is 15.0. The number of nitrogens with two attached hydrogens (primary N) is 1. The van der Waals surface area contributed by atoms with Gasteiger partial charge in [0.1, 0.15) is 4.88 Å². The molecule has 0 aliphatic heterocycles. The highest BCUT2D eigenvalue weighted by atomic mass is 32.1. The summed E-state index contributed by atoms with van der Waals surface area (Å²) in [4.78, 5) is 32.7. The lowest BCUT2D eigenvalue weighted by Crippen LogP contribution is -2.36. The molecule has 144 valence electrons. The van der Waals surface area contributed by atoms with E-state index in [2.05, 4.69) is 35.9 Å². The zero-order valence-corrected chi connectivity index (χ0v) is 15.8. The molecule has 0 saturated heterocycles. The van der Waals surface area contributed by atoms with Gasteiger partial charge in [-0.3, -0.25) is 10.1 Å². The molecule has 3 rings (SSSR count). The maximum Gasteiger partial charge on any atom is 0.350 e. The van der Waals surface area contributed by atoms with Crippen molar-refractivity contribution in [3.8, 4) is 11.4 Å². The van der Waals surface area contributed by atoms with Crippen molar-refractivity contribution in [1.82, 2.24) is 30.9 Å². The number of amides is 1. The van der Waals surface area contributed by atoms with Gasteiger partial charge in [-0.05, 0) is 31.2 Å². The van der Waals surface area contributed by atoms with Gasteiger partial charge in [-0.15, -0.1) is 10.2 Å². The van der Waals surface area contributed by atoms with Crippen LogP contribution >= 0.6 is 11.3 Å². The number of nitrogens with one attached hydrogen (secondary N) is 2. The number of benzene rings is 1. The average Bonchev–Trinajstić information content (AvgIpc) is 3.32. The van der Waals surface area contributed by atoms with E-state index in [-0.39, 0.29) is 17.7 Å². The fourth-order valence-corrected chi connectivity index (χ4v) is 3.04. The molecule has 3 aromatic rings. The first-order valence-electron chi connectivity index (χ1n) is 8.12. The number of hydrogen-bond donors (Lipinski definition) is 3. The Morgan fingerprint density at radius 1 is 1.32 bits per heavy atom. The predicted molar refractivity (Wildman–Crippen MR) is 101 cm³/mol. The van der Waals surface area contributed by atoms with E-state index in [0.717, 1.165) is 11.3 Å². The number of rotatable bonds is 5. The third-order valence-electron chi connectivity index (χ3n) is 3.45. The van der Waals surface area contributed by atoms with Crippen LogP contribution in [0.4, 0.5) is 5.13 Å². The van der Waals surface area contributed by atoms with Crippen LogP contribution in [0.25, 0.3) is 11.4 Å². The lowest BCUT2D eigenvalue weighted by Gasteiger charge is -2.04. The van der Waals surface area contributed by atoms with Gasteiger partial charge in [0.15, 0.2) is 0 Å². The number of thiazole rings is 1. The van der Waals surface area contributed by atoms with E-state index in [4.69, 9.17) is 10.5 Å². The van der Waals surface area contributed by atoms with E-state index >= 15 is 0 Å². The third kappa shape index (κ3) is 4.35. The minimum absolute atomic E-state index is 0.142. The molecule has 11 nitrogen and oxygen atoms in total. The van der Waals surface area contributed by atoms with Crippen LogP contribution in [0.2, 0.25) is 0 Å². The highest BCUT2D eigenvalue weighted by Gasteiger charge is 2.16. The molecule has 0 spiro atoms. The second-order valence-electron chi connectivity index (χ2n) is 5.40. The molecular formula is C16H16N8O3S. The summed E-state index contributed by atoms with van der Waals surface area (Å²) in [6.07, 6.45) is 0. The lowest BCUT2D eigenvalue weighted by molar-refractivity contribution is 0.0531. The molecule has 0 bridgehead atoms. The third-order valence-corrected chi connectivity index (χ3v) is 4.49. The van der Waals surface area contributed by atoms with Gasteiger partial charge in [0.25, 0.3) is 5.91 Å². The van der Waals surface area contributed by atoms with Crippen molar-refractivity contribution < 1.29 is 14.3 Å². The topological polar surface area (TPSA) is 161 Å². The van der Waals surface area contributed by atoms with E-state index in [1.54, 1.807) is 38.1 Å². The van der Waals surface area contributed by atoms with Crippen molar-refractivity contribution in [2.45, 2.75) is 13.8 Å². The molecule has 12 heteroatoms. The van der Waals surface area contributed by atoms with Gasteiger partial charge in [0.05, 0.1) is 12.3 Å². The zero-order chi connectivity index (χ0) is 20.1. The summed E-state index contributed by atoms with van der Waals surface area (Å²) >= 11 is 1.03. The molecule has 4 N–H and O–H groups in total. The highest BCUT2D eigenvalue weighted by molar-refractivity contribution is 7.17. The van der Waals surface area contributed by atoms with Gasteiger partial charge in [-0.2, -0.15) is 10.2 Å². The van der Waals surface area contributed by atoms with Crippen LogP contribution in [0.15, 0.2) is 29.3 Å². The molecule has 0 aliphatic rings. The Balaban J connectivity index is 1.68. The summed E-state index contributed by atoms with van der Waals surface area (Å²) in [6, 6.07) is 6.56. The van der Waals surface area contributed by atoms with Crippen LogP contribution < -0.4 is 11.1 Å². The number of H-pyrrole nitrogens is 1. The highest BCUT2D eigenvalue weighted by Crippen LogP contribution is 2.25. The Morgan fingerprint density at radius 3 is 2.71 bits per heavy atom. The van der Waals surface area contributed by atoms with Crippen LogP contribution in [-0.4, -0.2) is 50.1 Å². The van der Waals surface area contributed by atoms with E-state index in [1.165, 1.54) is 0 Å². The minimum atomic E-state index is -0.469. The summed E-state index contributed by atoms with van der Waals surface area (Å²) in [5.74, 6) is -0.635. The van der Waals surface area contributed by atoms with Gasteiger partial charge in [-0.25, -0.2) is 9.78 Å². The number of tetrazole rings is 1. The number of esters is 1. The summed E-state index contributed by atoms with van der Waals surface area (Å²) < 4.78 is 4.95. The molecule has 0 unspecified atom stereocenters. The molecule has 0 fully saturated rings. The summed E-state index contributed by atoms with van der Waals surface area (Å²) in [6.45, 7) is 3.65. The second kappa shape index (κ2) is 8.35. The Bertz CT molecular complexity index is 1010. The number of ether oxygens (including phenoxy) is 1.